The Hall–Kier alpha value is -1.57. The van der Waals surface area contributed by atoms with E-state index in [1.807, 2.05) is 11.0 Å². The monoisotopic (exact) mass is 364 g/mol. The van der Waals surface area contributed by atoms with Crippen molar-refractivity contribution in [2.45, 2.75) is 23.6 Å². The van der Waals surface area contributed by atoms with Crippen LogP contribution in [0.25, 0.3) is 0 Å². The summed E-state index contributed by atoms with van der Waals surface area (Å²) in [5.41, 5.74) is -1.08. The first-order valence-electron chi connectivity index (χ1n) is 6.98. The number of methoxy groups -OCH3 is 1. The summed E-state index contributed by atoms with van der Waals surface area (Å²) in [6.45, 7) is 0.688. The zero-order valence-electron chi connectivity index (χ0n) is 11.8. The summed E-state index contributed by atoms with van der Waals surface area (Å²) in [7, 11) is 1.62. The Kier molecular flexibility index (Phi) is 2.71. The molecule has 2 heterocycles. The Bertz CT molecular complexity index is 749. The maximum atomic E-state index is 12.9. The average Bonchev–Trinajstić information content (AvgIpc) is 3.07. The van der Waals surface area contributed by atoms with Gasteiger partial charge in [-0.15, -0.1) is 0 Å². The van der Waals surface area contributed by atoms with Gasteiger partial charge in [-0.2, -0.15) is 0 Å². The molecule has 1 aromatic carbocycles. The van der Waals surface area contributed by atoms with Crippen molar-refractivity contribution in [3.8, 4) is 0 Å². The van der Waals surface area contributed by atoms with Gasteiger partial charge in [0.25, 0.3) is 5.69 Å². The number of nitrogens with zero attached hydrogens (tertiary/aromatic N) is 2. The predicted molar refractivity (Wildman–Crippen MR) is 81.6 cm³/mol. The highest BCUT2D eigenvalue weighted by Gasteiger charge is 2.81. The Morgan fingerprint density at radius 3 is 2.86 bits per heavy atom. The number of carbonyl (C=O) groups is 1. The van der Waals surface area contributed by atoms with Crippen LogP contribution in [0.4, 0.5) is 5.69 Å². The van der Waals surface area contributed by atoms with Crippen LogP contribution < -0.4 is 0 Å². The molecule has 22 heavy (non-hydrogen) atoms. The van der Waals surface area contributed by atoms with Crippen molar-refractivity contribution >= 4 is 27.4 Å². The molecule has 0 aromatic heterocycles. The highest BCUT2D eigenvalue weighted by atomic mass is 79.9. The molecule has 114 valence electrons. The number of hydrogen-bond acceptors (Lipinski definition) is 5. The second-order valence-electron chi connectivity index (χ2n) is 5.87. The van der Waals surface area contributed by atoms with Crippen molar-refractivity contribution in [1.82, 2.24) is 4.90 Å². The van der Waals surface area contributed by atoms with Crippen molar-refractivity contribution in [3.05, 3.63) is 50.5 Å². The number of fused-ring (bicyclic) bond motifs is 1. The van der Waals surface area contributed by atoms with Gasteiger partial charge < -0.3 is 4.74 Å². The molecule has 4 atom stereocenters. The number of piperidine rings is 1. The summed E-state index contributed by atoms with van der Waals surface area (Å²) in [6.07, 6.45) is 2.60. The van der Waals surface area contributed by atoms with Crippen LogP contribution in [0.5, 0.6) is 0 Å². The van der Waals surface area contributed by atoms with E-state index in [4.69, 9.17) is 4.74 Å². The summed E-state index contributed by atoms with van der Waals surface area (Å²) in [5, 5.41) is 11.4. The van der Waals surface area contributed by atoms with Gasteiger partial charge in [-0.1, -0.05) is 12.1 Å². The first-order valence-corrected chi connectivity index (χ1v) is 7.77. The van der Waals surface area contributed by atoms with E-state index in [2.05, 4.69) is 15.9 Å². The van der Waals surface area contributed by atoms with E-state index in [9.17, 15) is 14.9 Å². The summed E-state index contributed by atoms with van der Waals surface area (Å²) in [4.78, 5) is 25.9. The van der Waals surface area contributed by atoms with Crippen LogP contribution in [0.1, 0.15) is 12.0 Å². The molecule has 1 unspecified atom stereocenters. The molecule has 0 N–H and O–H groups in total. The number of rotatable bonds is 3. The number of nitro benzene ring substituents is 1. The molecule has 0 radical (unpaired) electrons. The zero-order chi connectivity index (χ0) is 15.7. The molecule has 6 nitrogen and oxygen atoms in total. The van der Waals surface area contributed by atoms with Gasteiger partial charge in [-0.25, -0.2) is 0 Å². The van der Waals surface area contributed by atoms with Gasteiger partial charge in [0.15, 0.2) is 5.78 Å². The van der Waals surface area contributed by atoms with Gasteiger partial charge in [-0.3, -0.25) is 19.8 Å². The van der Waals surface area contributed by atoms with E-state index in [0.29, 0.717) is 16.6 Å². The van der Waals surface area contributed by atoms with Crippen LogP contribution in [0.3, 0.4) is 0 Å². The number of benzene rings is 1. The van der Waals surface area contributed by atoms with E-state index in [0.717, 1.165) is 6.42 Å². The minimum Gasteiger partial charge on any atom is -0.372 e. The molecule has 0 spiro atoms. The molecule has 0 amide bonds. The third-order valence-electron chi connectivity index (χ3n) is 5.12. The molecule has 2 aliphatic heterocycles. The largest absolute Gasteiger partial charge is 0.372 e. The summed E-state index contributed by atoms with van der Waals surface area (Å²) in [6, 6.07) is 6.32. The van der Waals surface area contributed by atoms with Gasteiger partial charge in [0.2, 0.25) is 0 Å². The smallest absolute Gasteiger partial charge is 0.275 e. The van der Waals surface area contributed by atoms with Crippen LogP contribution in [-0.2, 0) is 15.1 Å². The second kappa shape index (κ2) is 4.24. The minimum absolute atomic E-state index is 0.0162. The van der Waals surface area contributed by atoms with Crippen molar-refractivity contribution in [1.29, 1.82) is 0 Å². The van der Waals surface area contributed by atoms with Crippen molar-refractivity contribution in [2.24, 2.45) is 0 Å². The van der Waals surface area contributed by atoms with Gasteiger partial charge >= 0.3 is 0 Å². The zero-order valence-corrected chi connectivity index (χ0v) is 13.4. The third kappa shape index (κ3) is 1.39. The number of ether oxygens (including phenoxy) is 1. The molecule has 7 heteroatoms. The summed E-state index contributed by atoms with van der Waals surface area (Å²) in [5.74, 6) is -0.126. The van der Waals surface area contributed by atoms with Gasteiger partial charge in [0.1, 0.15) is 11.1 Å². The molecule has 1 aliphatic carbocycles. The molecule has 3 aliphatic rings. The summed E-state index contributed by atoms with van der Waals surface area (Å²) >= 11 is 3.33. The molecule has 2 fully saturated rings. The number of halogens is 1. The molecule has 4 rings (SSSR count). The lowest BCUT2D eigenvalue weighted by atomic mass is 9.76. The number of ketones is 1. The average molecular weight is 365 g/mol. The fourth-order valence-corrected chi connectivity index (χ4v) is 4.91. The second-order valence-corrected chi connectivity index (χ2v) is 6.72. The molecule has 0 saturated carbocycles. The number of para-hydroxylation sites is 1. The normalized spacial score (nSPS) is 38.5. The predicted octanol–water partition coefficient (Wildman–Crippen LogP) is 2.12. The maximum Gasteiger partial charge on any atom is 0.275 e. The fraction of sp³-hybridized carbons (Fsp3) is 0.400. The molecule has 0 bridgehead atoms. The van der Waals surface area contributed by atoms with E-state index in [1.165, 1.54) is 6.07 Å². The van der Waals surface area contributed by atoms with E-state index in [-0.39, 0.29) is 17.5 Å². The van der Waals surface area contributed by atoms with Crippen LogP contribution in [0.2, 0.25) is 0 Å². The van der Waals surface area contributed by atoms with Crippen molar-refractivity contribution in [3.63, 3.8) is 0 Å². The van der Waals surface area contributed by atoms with Crippen LogP contribution in [-0.4, -0.2) is 40.9 Å². The van der Waals surface area contributed by atoms with Crippen LogP contribution >= 0.6 is 15.9 Å². The highest BCUT2D eigenvalue weighted by Crippen LogP contribution is 2.66. The highest BCUT2D eigenvalue weighted by molar-refractivity contribution is 9.12. The van der Waals surface area contributed by atoms with Crippen LogP contribution in [0, 0.1) is 10.1 Å². The van der Waals surface area contributed by atoms with E-state index >= 15 is 0 Å². The Morgan fingerprint density at radius 1 is 1.45 bits per heavy atom. The molecule has 1 aromatic rings. The number of hydrogen-bond donors (Lipinski definition) is 0. The van der Waals surface area contributed by atoms with E-state index < -0.39 is 16.1 Å². The summed E-state index contributed by atoms with van der Waals surface area (Å²) < 4.78 is 6.16. The van der Waals surface area contributed by atoms with Gasteiger partial charge in [0.05, 0.1) is 21.0 Å². The van der Waals surface area contributed by atoms with Gasteiger partial charge in [0, 0.05) is 19.7 Å². The Labute approximate surface area is 135 Å². The topological polar surface area (TPSA) is 72.5 Å². The lowest BCUT2D eigenvalue weighted by Gasteiger charge is -2.33. The van der Waals surface area contributed by atoms with Crippen LogP contribution in [0.15, 0.2) is 34.8 Å². The SMILES string of the molecule is CO[C@]12C=C(Br)C(=O)[C@]3(c4ccccc4[N+](=O)[O-])[C@H]1N3CC2. The number of carbonyl (C=O) groups excluding carboxylic acids is 1. The first-order chi connectivity index (χ1) is 10.5. The fourth-order valence-electron chi connectivity index (χ4n) is 4.22. The number of nitro groups is 1. The standard InChI is InChI=1S/C15H13BrN2O4/c1-22-14-6-7-17-13(14)15(17,12(19)10(16)8-14)9-4-2-3-5-11(9)18(20)21/h2-5,8,13H,6-7H2,1H3/t13-,14+,15+,17?/m0/s1. The van der Waals surface area contributed by atoms with Gasteiger partial charge in [-0.05, 0) is 34.5 Å². The first kappa shape index (κ1) is 14.0. The third-order valence-corrected chi connectivity index (χ3v) is 5.71. The number of Topliss-reactive ketones (excluding diaryl/α,β-unsaturated/α-hetero) is 1. The lowest BCUT2D eigenvalue weighted by molar-refractivity contribution is -0.385. The van der Waals surface area contributed by atoms with Crippen molar-refractivity contribution < 1.29 is 14.5 Å². The van der Waals surface area contributed by atoms with Crippen molar-refractivity contribution in [2.75, 3.05) is 13.7 Å². The maximum absolute atomic E-state index is 12.9. The molecular weight excluding hydrogens is 352 g/mol. The Morgan fingerprint density at radius 2 is 2.18 bits per heavy atom. The van der Waals surface area contributed by atoms with E-state index in [1.54, 1.807) is 25.3 Å². The lowest BCUT2D eigenvalue weighted by Crippen LogP contribution is -2.46. The quantitative estimate of drug-likeness (QED) is 0.466. The minimum atomic E-state index is -0.967. The molecule has 2 saturated heterocycles. The molecular formula is C15H13BrN2O4. The Balaban J connectivity index is 1.96.